The molecule has 72 valence electrons. The molecule has 0 fully saturated rings. The molecule has 0 atom stereocenters. The molecule has 0 radical (unpaired) electrons. The molecule has 0 aliphatic rings. The van der Waals surface area contributed by atoms with Crippen LogP contribution in [0.2, 0.25) is 0 Å². The van der Waals surface area contributed by atoms with Gasteiger partial charge in [0.25, 0.3) is 0 Å². The number of benzene rings is 1. The van der Waals surface area contributed by atoms with Gasteiger partial charge >= 0.3 is 0 Å². The fraction of sp³-hybridized carbons (Fsp3) is 0.182. The Bertz CT molecular complexity index is 528. The van der Waals surface area contributed by atoms with Crippen LogP contribution in [0.4, 0.5) is 0 Å². The van der Waals surface area contributed by atoms with E-state index in [0.29, 0.717) is 23.3 Å². The topological polar surface area (TPSA) is 56.2 Å². The van der Waals surface area contributed by atoms with E-state index in [1.807, 2.05) is 6.07 Å². The van der Waals surface area contributed by atoms with Gasteiger partial charge in [-0.15, -0.1) is 0 Å². The van der Waals surface area contributed by atoms with Crippen molar-refractivity contribution in [2.45, 2.75) is 13.5 Å². The Morgan fingerprint density at radius 1 is 1.36 bits per heavy atom. The van der Waals surface area contributed by atoms with Gasteiger partial charge in [0.2, 0.25) is 0 Å². The predicted molar refractivity (Wildman–Crippen MR) is 55.1 cm³/mol. The van der Waals surface area contributed by atoms with Crippen LogP contribution in [0.1, 0.15) is 11.3 Å². The molecule has 0 aliphatic carbocycles. The predicted octanol–water partition coefficient (Wildman–Crippen LogP) is 1.56. The molecular formula is C11H11NO2. The van der Waals surface area contributed by atoms with Crippen LogP contribution in [-0.2, 0) is 6.54 Å². The summed E-state index contributed by atoms with van der Waals surface area (Å²) < 4.78 is 5.40. The first-order valence-corrected chi connectivity index (χ1v) is 4.44. The fourth-order valence-corrected chi connectivity index (χ4v) is 1.45. The molecule has 0 aliphatic heterocycles. The van der Waals surface area contributed by atoms with Crippen LogP contribution < -0.4 is 11.2 Å². The Hall–Kier alpha value is -1.61. The standard InChI is InChI=1S/C11H11NO2/c1-7-4-10(13)9-5-8(6-12)2-3-11(9)14-7/h2-5H,6,12H2,1H3. The van der Waals surface area contributed by atoms with E-state index in [4.69, 9.17) is 10.2 Å². The summed E-state index contributed by atoms with van der Waals surface area (Å²) in [5.74, 6) is 0.628. The van der Waals surface area contributed by atoms with Crippen molar-refractivity contribution in [3.63, 3.8) is 0 Å². The van der Waals surface area contributed by atoms with Crippen molar-refractivity contribution < 1.29 is 4.42 Å². The summed E-state index contributed by atoms with van der Waals surface area (Å²) in [5.41, 5.74) is 7.03. The summed E-state index contributed by atoms with van der Waals surface area (Å²) in [4.78, 5) is 11.6. The minimum atomic E-state index is -0.0148. The molecule has 2 aromatic rings. The second-order valence-electron chi connectivity index (χ2n) is 3.26. The van der Waals surface area contributed by atoms with E-state index in [1.54, 1.807) is 19.1 Å². The third kappa shape index (κ3) is 1.42. The Balaban J connectivity index is 2.82. The van der Waals surface area contributed by atoms with Crippen molar-refractivity contribution in [2.24, 2.45) is 5.73 Å². The van der Waals surface area contributed by atoms with Gasteiger partial charge in [-0.25, -0.2) is 0 Å². The van der Waals surface area contributed by atoms with Crippen molar-refractivity contribution in [2.75, 3.05) is 0 Å². The first-order valence-electron chi connectivity index (χ1n) is 4.44. The number of hydrogen-bond donors (Lipinski definition) is 1. The molecule has 1 heterocycles. The first kappa shape index (κ1) is 8.97. The van der Waals surface area contributed by atoms with Crippen LogP contribution in [0.5, 0.6) is 0 Å². The summed E-state index contributed by atoms with van der Waals surface area (Å²) in [6.45, 7) is 2.20. The van der Waals surface area contributed by atoms with Gasteiger partial charge in [-0.2, -0.15) is 0 Å². The molecule has 2 rings (SSSR count). The Morgan fingerprint density at radius 2 is 2.14 bits per heavy atom. The van der Waals surface area contributed by atoms with Crippen molar-refractivity contribution in [3.05, 3.63) is 45.8 Å². The number of rotatable bonds is 1. The van der Waals surface area contributed by atoms with Gasteiger partial charge < -0.3 is 10.2 Å². The van der Waals surface area contributed by atoms with E-state index >= 15 is 0 Å². The van der Waals surface area contributed by atoms with Crippen molar-refractivity contribution in [1.29, 1.82) is 0 Å². The lowest BCUT2D eigenvalue weighted by Gasteiger charge is -2.00. The smallest absolute Gasteiger partial charge is 0.192 e. The minimum Gasteiger partial charge on any atom is -0.461 e. The summed E-state index contributed by atoms with van der Waals surface area (Å²) in [6.07, 6.45) is 0. The van der Waals surface area contributed by atoms with Gasteiger partial charge in [0.1, 0.15) is 11.3 Å². The average molecular weight is 189 g/mol. The molecule has 14 heavy (non-hydrogen) atoms. The summed E-state index contributed by atoms with van der Waals surface area (Å²) in [6, 6.07) is 6.92. The molecule has 0 saturated carbocycles. The van der Waals surface area contributed by atoms with Gasteiger partial charge in [0, 0.05) is 12.6 Å². The summed E-state index contributed by atoms with van der Waals surface area (Å²) in [7, 11) is 0. The molecule has 3 heteroatoms. The maximum atomic E-state index is 11.6. The zero-order valence-electron chi connectivity index (χ0n) is 7.91. The fourth-order valence-electron chi connectivity index (χ4n) is 1.45. The molecule has 0 bridgehead atoms. The molecule has 3 nitrogen and oxygen atoms in total. The Kier molecular flexibility index (Phi) is 2.09. The van der Waals surface area contributed by atoms with Crippen molar-refractivity contribution in [1.82, 2.24) is 0 Å². The number of fused-ring (bicyclic) bond motifs is 1. The molecule has 0 unspecified atom stereocenters. The van der Waals surface area contributed by atoms with Crippen LogP contribution in [0.15, 0.2) is 33.5 Å². The molecule has 0 amide bonds. The Labute approximate surface area is 81.1 Å². The highest BCUT2D eigenvalue weighted by Gasteiger charge is 2.02. The van der Waals surface area contributed by atoms with Gasteiger partial charge in [-0.05, 0) is 24.6 Å². The molecule has 0 saturated heterocycles. The minimum absolute atomic E-state index is 0.0148. The highest BCUT2D eigenvalue weighted by molar-refractivity contribution is 5.77. The summed E-state index contributed by atoms with van der Waals surface area (Å²) >= 11 is 0. The van der Waals surface area contributed by atoms with E-state index in [0.717, 1.165) is 5.56 Å². The van der Waals surface area contributed by atoms with Gasteiger partial charge in [0.05, 0.1) is 5.39 Å². The second-order valence-corrected chi connectivity index (χ2v) is 3.26. The highest BCUT2D eigenvalue weighted by atomic mass is 16.3. The maximum Gasteiger partial charge on any atom is 0.192 e. The molecule has 1 aromatic heterocycles. The zero-order valence-corrected chi connectivity index (χ0v) is 7.91. The van der Waals surface area contributed by atoms with E-state index in [2.05, 4.69) is 0 Å². The number of hydrogen-bond acceptors (Lipinski definition) is 3. The number of aryl methyl sites for hydroxylation is 1. The summed E-state index contributed by atoms with van der Waals surface area (Å²) in [5, 5.41) is 0.596. The van der Waals surface area contributed by atoms with Crippen molar-refractivity contribution >= 4 is 11.0 Å². The van der Waals surface area contributed by atoms with Crippen LogP contribution >= 0.6 is 0 Å². The van der Waals surface area contributed by atoms with Gasteiger partial charge in [-0.3, -0.25) is 4.79 Å². The van der Waals surface area contributed by atoms with E-state index in [9.17, 15) is 4.79 Å². The van der Waals surface area contributed by atoms with Gasteiger partial charge in [0.15, 0.2) is 5.43 Å². The first-order chi connectivity index (χ1) is 6.70. The highest BCUT2D eigenvalue weighted by Crippen LogP contribution is 2.13. The molecule has 0 spiro atoms. The van der Waals surface area contributed by atoms with Crippen LogP contribution in [0.25, 0.3) is 11.0 Å². The lowest BCUT2D eigenvalue weighted by Crippen LogP contribution is -2.02. The quantitative estimate of drug-likeness (QED) is 0.740. The van der Waals surface area contributed by atoms with E-state index in [-0.39, 0.29) is 5.43 Å². The molecule has 1 aromatic carbocycles. The molecule has 2 N–H and O–H groups in total. The number of nitrogens with two attached hydrogens (primary N) is 1. The third-order valence-electron chi connectivity index (χ3n) is 2.15. The second kappa shape index (κ2) is 3.27. The monoisotopic (exact) mass is 189 g/mol. The van der Waals surface area contributed by atoms with Crippen LogP contribution in [0, 0.1) is 6.92 Å². The van der Waals surface area contributed by atoms with Crippen LogP contribution in [-0.4, -0.2) is 0 Å². The SMILES string of the molecule is Cc1cc(=O)c2cc(CN)ccc2o1. The van der Waals surface area contributed by atoms with Crippen LogP contribution in [0.3, 0.4) is 0 Å². The van der Waals surface area contributed by atoms with E-state index in [1.165, 1.54) is 6.07 Å². The largest absolute Gasteiger partial charge is 0.461 e. The average Bonchev–Trinajstić information content (AvgIpc) is 2.17. The normalized spacial score (nSPS) is 10.7. The van der Waals surface area contributed by atoms with E-state index < -0.39 is 0 Å². The lowest BCUT2D eigenvalue weighted by atomic mass is 10.1. The Morgan fingerprint density at radius 3 is 2.86 bits per heavy atom. The zero-order chi connectivity index (χ0) is 10.1. The molecular weight excluding hydrogens is 178 g/mol. The lowest BCUT2D eigenvalue weighted by molar-refractivity contribution is 0.564. The van der Waals surface area contributed by atoms with Crippen molar-refractivity contribution in [3.8, 4) is 0 Å². The third-order valence-corrected chi connectivity index (χ3v) is 2.15. The van der Waals surface area contributed by atoms with Gasteiger partial charge in [-0.1, -0.05) is 6.07 Å². The maximum absolute atomic E-state index is 11.6.